The first-order chi connectivity index (χ1) is 12.4. The van der Waals surface area contributed by atoms with Gasteiger partial charge in [0.05, 0.1) is 18.2 Å². The Labute approximate surface area is 148 Å². The summed E-state index contributed by atoms with van der Waals surface area (Å²) in [7, 11) is 0. The summed E-state index contributed by atoms with van der Waals surface area (Å²) in [5, 5.41) is 2.51. The summed E-state index contributed by atoms with van der Waals surface area (Å²) in [5.74, 6) is -2.17. The van der Waals surface area contributed by atoms with Crippen molar-refractivity contribution in [2.24, 2.45) is 0 Å². The van der Waals surface area contributed by atoms with Crippen LogP contribution >= 0.6 is 0 Å². The van der Waals surface area contributed by atoms with Crippen LogP contribution in [0.3, 0.4) is 0 Å². The molecule has 6 nitrogen and oxygen atoms in total. The number of aromatic nitrogens is 1. The topological polar surface area (TPSA) is 81.4 Å². The molecule has 2 rings (SSSR count). The van der Waals surface area contributed by atoms with Crippen LogP contribution in [0.15, 0.2) is 41.5 Å². The molecule has 0 saturated heterocycles. The minimum absolute atomic E-state index is 0.0646. The van der Waals surface area contributed by atoms with Crippen LogP contribution in [-0.2, 0) is 20.7 Å². The number of aryl methyl sites for hydroxylation is 1. The van der Waals surface area contributed by atoms with Crippen LogP contribution in [0.25, 0.3) is 11.3 Å². The maximum atomic E-state index is 13.7. The highest BCUT2D eigenvalue weighted by Crippen LogP contribution is 2.24. The highest BCUT2D eigenvalue weighted by molar-refractivity contribution is 5.83. The largest absolute Gasteiger partial charge is 0.453 e. The molecule has 0 aliphatic heterocycles. The molecule has 138 valence electrons. The lowest BCUT2D eigenvalue weighted by atomic mass is 10.2. The molecule has 1 atom stereocenters. The zero-order valence-electron chi connectivity index (χ0n) is 14.1. The average Bonchev–Trinajstić information content (AvgIpc) is 3.06. The van der Waals surface area contributed by atoms with Gasteiger partial charge >= 0.3 is 5.97 Å². The van der Waals surface area contributed by atoms with Gasteiger partial charge in [-0.15, -0.1) is 6.58 Å². The summed E-state index contributed by atoms with van der Waals surface area (Å²) in [6, 6.07) is 3.09. The Morgan fingerprint density at radius 1 is 1.42 bits per heavy atom. The number of oxazole rings is 1. The molecule has 2 aromatic rings. The molecule has 0 spiro atoms. The van der Waals surface area contributed by atoms with E-state index < -0.39 is 29.6 Å². The third-order valence-corrected chi connectivity index (χ3v) is 3.39. The third-order valence-electron chi connectivity index (χ3n) is 3.39. The summed E-state index contributed by atoms with van der Waals surface area (Å²) in [6.07, 6.45) is 1.92. The van der Waals surface area contributed by atoms with E-state index in [-0.39, 0.29) is 36.6 Å². The molecule has 0 saturated carbocycles. The standard InChI is InChI=1S/C18H18F2N2O4/c1-3-8-21-18(24)11(2)25-17(23)7-6-16-22-10-15(26-16)13-5-4-12(19)9-14(13)20/h3-5,9-11H,1,6-8H2,2H3,(H,21,24). The van der Waals surface area contributed by atoms with Crippen LogP contribution in [0, 0.1) is 11.6 Å². The van der Waals surface area contributed by atoms with E-state index >= 15 is 0 Å². The van der Waals surface area contributed by atoms with Gasteiger partial charge in [-0.05, 0) is 19.1 Å². The van der Waals surface area contributed by atoms with Gasteiger partial charge in [0.1, 0.15) is 11.6 Å². The predicted molar refractivity (Wildman–Crippen MR) is 88.9 cm³/mol. The molecule has 1 amide bonds. The number of benzene rings is 1. The van der Waals surface area contributed by atoms with Crippen LogP contribution in [0.2, 0.25) is 0 Å². The van der Waals surface area contributed by atoms with E-state index in [0.29, 0.717) is 0 Å². The normalized spacial score (nSPS) is 11.7. The van der Waals surface area contributed by atoms with Crippen molar-refractivity contribution in [2.75, 3.05) is 6.54 Å². The number of rotatable bonds is 8. The molecular formula is C18H18F2N2O4. The summed E-state index contributed by atoms with van der Waals surface area (Å²) >= 11 is 0. The Bertz CT molecular complexity index is 804. The fourth-order valence-corrected chi connectivity index (χ4v) is 2.07. The zero-order valence-corrected chi connectivity index (χ0v) is 14.1. The van der Waals surface area contributed by atoms with E-state index in [9.17, 15) is 18.4 Å². The number of esters is 1. The number of nitrogens with zero attached hydrogens (tertiary/aromatic N) is 1. The van der Waals surface area contributed by atoms with E-state index in [1.807, 2.05) is 0 Å². The number of halogens is 2. The van der Waals surface area contributed by atoms with Crippen LogP contribution in [0.4, 0.5) is 8.78 Å². The second kappa shape index (κ2) is 8.89. The second-order valence-electron chi connectivity index (χ2n) is 5.41. The van der Waals surface area contributed by atoms with Crippen LogP contribution in [-0.4, -0.2) is 29.5 Å². The molecule has 26 heavy (non-hydrogen) atoms. The average molecular weight is 364 g/mol. The zero-order chi connectivity index (χ0) is 19.1. The van der Waals surface area contributed by atoms with Crippen LogP contribution in [0.5, 0.6) is 0 Å². The number of carbonyl (C=O) groups excluding carboxylic acids is 2. The number of carbonyl (C=O) groups is 2. The lowest BCUT2D eigenvalue weighted by molar-refractivity contribution is -0.154. The van der Waals surface area contributed by atoms with Gasteiger partial charge in [0.2, 0.25) is 0 Å². The van der Waals surface area contributed by atoms with Gasteiger partial charge in [0.25, 0.3) is 5.91 Å². The van der Waals surface area contributed by atoms with Gasteiger partial charge in [-0.1, -0.05) is 6.08 Å². The minimum Gasteiger partial charge on any atom is -0.453 e. The minimum atomic E-state index is -0.934. The molecule has 0 aliphatic carbocycles. The molecular weight excluding hydrogens is 346 g/mol. The number of ether oxygens (including phenoxy) is 1. The highest BCUT2D eigenvalue weighted by Gasteiger charge is 2.18. The molecule has 1 heterocycles. The van der Waals surface area contributed by atoms with Crippen LogP contribution < -0.4 is 5.32 Å². The number of nitrogens with one attached hydrogen (secondary N) is 1. The first kappa shape index (κ1) is 19.3. The van der Waals surface area contributed by atoms with E-state index in [0.717, 1.165) is 12.1 Å². The first-order valence-corrected chi connectivity index (χ1v) is 7.89. The Morgan fingerprint density at radius 3 is 2.88 bits per heavy atom. The number of hydrogen-bond donors (Lipinski definition) is 1. The second-order valence-corrected chi connectivity index (χ2v) is 5.41. The maximum absolute atomic E-state index is 13.7. The van der Waals surface area contributed by atoms with Crippen molar-refractivity contribution < 1.29 is 27.5 Å². The molecule has 0 fully saturated rings. The van der Waals surface area contributed by atoms with E-state index in [1.165, 1.54) is 25.3 Å². The van der Waals surface area contributed by atoms with Gasteiger partial charge in [0.15, 0.2) is 17.8 Å². The predicted octanol–water partition coefficient (Wildman–Crippen LogP) is 2.79. The highest BCUT2D eigenvalue weighted by atomic mass is 19.1. The monoisotopic (exact) mass is 364 g/mol. The first-order valence-electron chi connectivity index (χ1n) is 7.89. The van der Waals surface area contributed by atoms with Gasteiger partial charge in [-0.25, -0.2) is 13.8 Å². The number of amides is 1. The Morgan fingerprint density at radius 2 is 2.19 bits per heavy atom. The van der Waals surface area contributed by atoms with Crippen LogP contribution in [0.1, 0.15) is 19.2 Å². The summed E-state index contributed by atoms with van der Waals surface area (Å²) in [4.78, 5) is 27.3. The quantitative estimate of drug-likeness (QED) is 0.575. The Balaban J connectivity index is 1.88. The lowest BCUT2D eigenvalue weighted by Crippen LogP contribution is -2.35. The van der Waals surface area contributed by atoms with E-state index in [4.69, 9.17) is 9.15 Å². The maximum Gasteiger partial charge on any atom is 0.307 e. The molecule has 1 unspecified atom stereocenters. The Kier molecular flexibility index (Phi) is 6.60. The molecule has 1 N–H and O–H groups in total. The lowest BCUT2D eigenvalue weighted by Gasteiger charge is -2.12. The van der Waals surface area contributed by atoms with Crippen molar-refractivity contribution in [1.29, 1.82) is 0 Å². The third kappa shape index (κ3) is 5.23. The van der Waals surface area contributed by atoms with Crippen molar-refractivity contribution in [3.8, 4) is 11.3 Å². The van der Waals surface area contributed by atoms with Gasteiger partial charge in [-0.2, -0.15) is 0 Å². The fraction of sp³-hybridized carbons (Fsp3) is 0.278. The van der Waals surface area contributed by atoms with E-state index in [2.05, 4.69) is 16.9 Å². The van der Waals surface area contributed by atoms with Crippen molar-refractivity contribution >= 4 is 11.9 Å². The molecule has 1 aromatic carbocycles. The molecule has 0 bridgehead atoms. The number of hydrogen-bond acceptors (Lipinski definition) is 5. The van der Waals surface area contributed by atoms with Gasteiger partial charge in [0, 0.05) is 19.0 Å². The summed E-state index contributed by atoms with van der Waals surface area (Å²) in [6.45, 7) is 5.20. The molecule has 0 aliphatic rings. The Hall–Kier alpha value is -3.03. The van der Waals surface area contributed by atoms with Crippen molar-refractivity contribution in [3.63, 3.8) is 0 Å². The molecule has 8 heteroatoms. The molecule has 0 radical (unpaired) electrons. The fourth-order valence-electron chi connectivity index (χ4n) is 2.07. The summed E-state index contributed by atoms with van der Waals surface area (Å²) in [5.41, 5.74) is 0.0697. The van der Waals surface area contributed by atoms with Gasteiger partial charge < -0.3 is 14.5 Å². The smallest absolute Gasteiger partial charge is 0.307 e. The molecule has 1 aromatic heterocycles. The van der Waals surface area contributed by atoms with Crippen molar-refractivity contribution in [3.05, 3.63) is 54.6 Å². The van der Waals surface area contributed by atoms with Gasteiger partial charge in [-0.3, -0.25) is 9.59 Å². The van der Waals surface area contributed by atoms with Crippen molar-refractivity contribution in [1.82, 2.24) is 10.3 Å². The summed E-state index contributed by atoms with van der Waals surface area (Å²) < 4.78 is 37.0. The van der Waals surface area contributed by atoms with E-state index in [1.54, 1.807) is 0 Å². The SMILES string of the molecule is C=CCNC(=O)C(C)OC(=O)CCc1ncc(-c2ccc(F)cc2F)o1. The van der Waals surface area contributed by atoms with Crippen molar-refractivity contribution in [2.45, 2.75) is 25.9 Å².